The number of para-hydroxylation sites is 1. The van der Waals surface area contributed by atoms with E-state index in [1.807, 2.05) is 67.4 Å². The molecule has 1 N–H and O–H groups in total. The van der Waals surface area contributed by atoms with Crippen molar-refractivity contribution in [2.75, 3.05) is 11.9 Å². The van der Waals surface area contributed by atoms with Crippen molar-refractivity contribution in [3.8, 4) is 0 Å². The summed E-state index contributed by atoms with van der Waals surface area (Å²) in [5.74, 6) is 1.61. The second kappa shape index (κ2) is 5.28. The maximum atomic E-state index is 7.01. The lowest BCUT2D eigenvalue weighted by Gasteiger charge is -2.20. The number of aryl methyl sites for hydroxylation is 1. The molecule has 2 aromatic carbocycles. The second-order valence-corrected chi connectivity index (χ2v) is 4.80. The van der Waals surface area contributed by atoms with Crippen molar-refractivity contribution in [3.05, 3.63) is 54.4 Å². The molecule has 0 radical (unpaired) electrons. The summed E-state index contributed by atoms with van der Waals surface area (Å²) in [7, 11) is 1.97. The van der Waals surface area contributed by atoms with Crippen molar-refractivity contribution in [1.82, 2.24) is 9.97 Å². The fourth-order valence-corrected chi connectivity index (χ4v) is 2.30. The van der Waals surface area contributed by atoms with Gasteiger partial charge in [-0.1, -0.05) is 12.1 Å². The molecule has 104 valence electrons. The molecular weight excluding hydrogens is 262 g/mol. The van der Waals surface area contributed by atoms with E-state index in [1.54, 1.807) is 0 Å². The highest BCUT2D eigenvalue weighted by Gasteiger charge is 2.11. The van der Waals surface area contributed by atoms with Gasteiger partial charge in [0.25, 0.3) is 0 Å². The van der Waals surface area contributed by atoms with Crippen molar-refractivity contribution in [2.45, 2.75) is 6.92 Å². The van der Waals surface area contributed by atoms with Crippen LogP contribution < -0.4 is 4.90 Å². The van der Waals surface area contributed by atoms with Crippen LogP contribution in [0.3, 0.4) is 0 Å². The number of anilines is 2. The molecule has 1 heterocycles. The number of benzene rings is 2. The SMILES string of the molecule is Cc1nc(N(C)c2ccc(N=N)cc2)c2ccccc2n1. The van der Waals surface area contributed by atoms with Crippen molar-refractivity contribution in [2.24, 2.45) is 5.11 Å². The van der Waals surface area contributed by atoms with E-state index in [1.165, 1.54) is 0 Å². The molecule has 0 saturated heterocycles. The minimum Gasteiger partial charge on any atom is -0.329 e. The van der Waals surface area contributed by atoms with Gasteiger partial charge in [0, 0.05) is 18.1 Å². The zero-order valence-corrected chi connectivity index (χ0v) is 11.9. The summed E-state index contributed by atoms with van der Waals surface area (Å²) in [6.07, 6.45) is 0. The Morgan fingerprint density at radius 3 is 2.43 bits per heavy atom. The molecule has 0 saturated carbocycles. The van der Waals surface area contributed by atoms with Gasteiger partial charge in [0.05, 0.1) is 11.2 Å². The van der Waals surface area contributed by atoms with Gasteiger partial charge in [0.1, 0.15) is 11.6 Å². The van der Waals surface area contributed by atoms with Gasteiger partial charge in [-0.2, -0.15) is 5.11 Å². The van der Waals surface area contributed by atoms with Crippen LogP contribution >= 0.6 is 0 Å². The van der Waals surface area contributed by atoms with E-state index in [2.05, 4.69) is 15.1 Å². The molecule has 3 aromatic rings. The van der Waals surface area contributed by atoms with Gasteiger partial charge in [-0.05, 0) is 43.3 Å². The zero-order chi connectivity index (χ0) is 14.8. The van der Waals surface area contributed by atoms with Crippen LogP contribution in [0, 0.1) is 12.5 Å². The Balaban J connectivity index is 2.11. The number of aromatic nitrogens is 2. The molecule has 0 amide bonds. The van der Waals surface area contributed by atoms with Gasteiger partial charge in [0.15, 0.2) is 0 Å². The summed E-state index contributed by atoms with van der Waals surface area (Å²) in [5, 5.41) is 4.43. The van der Waals surface area contributed by atoms with Crippen LogP contribution in [-0.2, 0) is 0 Å². The average Bonchev–Trinajstić information content (AvgIpc) is 2.53. The molecule has 0 aliphatic heterocycles. The highest BCUT2D eigenvalue weighted by atomic mass is 15.2. The fourth-order valence-electron chi connectivity index (χ4n) is 2.30. The Labute approximate surface area is 122 Å². The first-order chi connectivity index (χ1) is 10.2. The van der Waals surface area contributed by atoms with Crippen molar-refractivity contribution in [3.63, 3.8) is 0 Å². The normalized spacial score (nSPS) is 10.6. The first-order valence-electron chi connectivity index (χ1n) is 6.63. The molecule has 5 nitrogen and oxygen atoms in total. The molecule has 0 fully saturated rings. The van der Waals surface area contributed by atoms with Crippen LogP contribution in [0.5, 0.6) is 0 Å². The Kier molecular flexibility index (Phi) is 3.31. The summed E-state index contributed by atoms with van der Waals surface area (Å²) in [5.41, 5.74) is 9.57. The third-order valence-corrected chi connectivity index (χ3v) is 3.38. The number of fused-ring (bicyclic) bond motifs is 1. The van der Waals surface area contributed by atoms with Crippen molar-refractivity contribution < 1.29 is 0 Å². The van der Waals surface area contributed by atoms with Crippen LogP contribution in [0.15, 0.2) is 53.6 Å². The largest absolute Gasteiger partial charge is 0.329 e. The Hall–Kier alpha value is -2.82. The van der Waals surface area contributed by atoms with Crippen LogP contribution in [0.25, 0.3) is 10.9 Å². The molecule has 21 heavy (non-hydrogen) atoms. The number of nitrogens with zero attached hydrogens (tertiary/aromatic N) is 4. The van der Waals surface area contributed by atoms with Crippen LogP contribution in [0.2, 0.25) is 0 Å². The van der Waals surface area contributed by atoms with Gasteiger partial charge >= 0.3 is 0 Å². The van der Waals surface area contributed by atoms with E-state index in [-0.39, 0.29) is 0 Å². The molecule has 0 atom stereocenters. The first-order valence-corrected chi connectivity index (χ1v) is 6.63. The topological polar surface area (TPSA) is 65.2 Å². The van der Waals surface area contributed by atoms with Crippen molar-refractivity contribution in [1.29, 1.82) is 5.53 Å². The highest BCUT2D eigenvalue weighted by Crippen LogP contribution is 2.29. The van der Waals surface area contributed by atoms with Crippen LogP contribution in [0.4, 0.5) is 17.2 Å². The predicted molar refractivity (Wildman–Crippen MR) is 83.6 cm³/mol. The molecule has 3 rings (SSSR count). The summed E-state index contributed by atoms with van der Waals surface area (Å²) in [4.78, 5) is 11.1. The molecule has 5 heteroatoms. The molecule has 0 aliphatic rings. The van der Waals surface area contributed by atoms with Gasteiger partial charge in [0.2, 0.25) is 0 Å². The van der Waals surface area contributed by atoms with E-state index in [0.717, 1.165) is 28.2 Å². The fraction of sp³-hybridized carbons (Fsp3) is 0.125. The molecular formula is C16H15N5. The zero-order valence-electron chi connectivity index (χ0n) is 11.9. The molecule has 0 aliphatic carbocycles. The third-order valence-electron chi connectivity index (χ3n) is 3.38. The Morgan fingerprint density at radius 2 is 1.71 bits per heavy atom. The van der Waals surface area contributed by atoms with Crippen LogP contribution in [0.1, 0.15) is 5.82 Å². The van der Waals surface area contributed by atoms with E-state index < -0.39 is 0 Å². The van der Waals surface area contributed by atoms with Gasteiger partial charge in [-0.25, -0.2) is 15.5 Å². The highest BCUT2D eigenvalue weighted by molar-refractivity contribution is 5.91. The summed E-state index contributed by atoms with van der Waals surface area (Å²) >= 11 is 0. The molecule has 0 unspecified atom stereocenters. The smallest absolute Gasteiger partial charge is 0.144 e. The number of rotatable bonds is 3. The predicted octanol–water partition coefficient (Wildman–Crippen LogP) is 4.37. The lowest BCUT2D eigenvalue weighted by atomic mass is 10.2. The Morgan fingerprint density at radius 1 is 1.00 bits per heavy atom. The van der Waals surface area contributed by atoms with Gasteiger partial charge in [-0.3, -0.25) is 0 Å². The maximum absolute atomic E-state index is 7.01. The molecule has 1 aromatic heterocycles. The molecule has 0 spiro atoms. The number of hydrogen-bond acceptors (Lipinski definition) is 5. The first kappa shape index (κ1) is 13.2. The second-order valence-electron chi connectivity index (χ2n) is 4.80. The quantitative estimate of drug-likeness (QED) is 0.723. The van der Waals surface area contributed by atoms with Crippen molar-refractivity contribution >= 4 is 28.1 Å². The lowest BCUT2D eigenvalue weighted by molar-refractivity contribution is 1.04. The summed E-state index contributed by atoms with van der Waals surface area (Å²) in [6, 6.07) is 15.5. The maximum Gasteiger partial charge on any atom is 0.144 e. The van der Waals surface area contributed by atoms with Gasteiger partial charge < -0.3 is 4.90 Å². The molecule has 0 bridgehead atoms. The lowest BCUT2D eigenvalue weighted by Crippen LogP contribution is -2.12. The van der Waals surface area contributed by atoms with E-state index in [9.17, 15) is 0 Å². The summed E-state index contributed by atoms with van der Waals surface area (Å²) in [6.45, 7) is 1.89. The average molecular weight is 277 g/mol. The Bertz CT molecular complexity index is 795. The standard InChI is InChI=1S/C16H15N5/c1-11-18-15-6-4-3-5-14(15)16(19-11)21(2)13-9-7-12(20-17)8-10-13/h3-10,17H,1-2H3. The minimum atomic E-state index is 0.635. The minimum absolute atomic E-state index is 0.635. The third kappa shape index (κ3) is 2.45. The van der Waals surface area contributed by atoms with E-state index in [0.29, 0.717) is 5.69 Å². The van der Waals surface area contributed by atoms with Gasteiger partial charge in [-0.15, -0.1) is 0 Å². The number of nitrogens with one attached hydrogen (secondary N) is 1. The van der Waals surface area contributed by atoms with Crippen LogP contribution in [-0.4, -0.2) is 17.0 Å². The summed E-state index contributed by atoms with van der Waals surface area (Å²) < 4.78 is 0. The number of hydrogen-bond donors (Lipinski definition) is 1. The van der Waals surface area contributed by atoms with E-state index >= 15 is 0 Å². The monoisotopic (exact) mass is 277 g/mol. The van der Waals surface area contributed by atoms with E-state index in [4.69, 9.17) is 5.53 Å².